The van der Waals surface area contributed by atoms with Crippen LogP contribution in [0.5, 0.6) is 0 Å². The maximum absolute atomic E-state index is 11.9. The molecule has 1 aromatic heterocycles. The Balaban J connectivity index is 1.87. The van der Waals surface area contributed by atoms with Gasteiger partial charge in [0.05, 0.1) is 11.3 Å². The summed E-state index contributed by atoms with van der Waals surface area (Å²) in [5, 5.41) is 6.87. The minimum atomic E-state index is -0.0873. The molecule has 22 heavy (non-hydrogen) atoms. The molecule has 0 aliphatic carbocycles. The van der Waals surface area contributed by atoms with E-state index in [4.69, 9.17) is 11.6 Å². The molecule has 0 unspecified atom stereocenters. The lowest BCUT2D eigenvalue weighted by Gasteiger charge is -2.08. The van der Waals surface area contributed by atoms with Gasteiger partial charge < -0.3 is 10.6 Å². The van der Waals surface area contributed by atoms with E-state index in [-0.39, 0.29) is 5.91 Å². The van der Waals surface area contributed by atoms with E-state index in [1.807, 2.05) is 37.3 Å². The highest BCUT2D eigenvalue weighted by atomic mass is 35.5. The largest absolute Gasteiger partial charge is 0.383 e. The topological polar surface area (TPSA) is 54.0 Å². The van der Waals surface area contributed by atoms with E-state index >= 15 is 0 Å². The fourth-order valence-corrected chi connectivity index (χ4v) is 2.13. The Kier molecular flexibility index (Phi) is 6.22. The van der Waals surface area contributed by atoms with Crippen molar-refractivity contribution in [3.05, 3.63) is 58.9 Å². The number of pyridine rings is 1. The molecule has 0 bridgehead atoms. The Morgan fingerprint density at radius 1 is 1.18 bits per heavy atom. The summed E-state index contributed by atoms with van der Waals surface area (Å²) >= 11 is 5.86. The molecular formula is C17H20ClN3O. The fourth-order valence-electron chi connectivity index (χ4n) is 2.00. The van der Waals surface area contributed by atoms with E-state index < -0.39 is 0 Å². The first-order valence-corrected chi connectivity index (χ1v) is 7.78. The van der Waals surface area contributed by atoms with Crippen molar-refractivity contribution in [1.82, 2.24) is 10.3 Å². The monoisotopic (exact) mass is 317 g/mol. The lowest BCUT2D eigenvalue weighted by atomic mass is 10.1. The zero-order valence-electron chi connectivity index (χ0n) is 12.6. The second-order valence-electron chi connectivity index (χ2n) is 5.02. The lowest BCUT2D eigenvalue weighted by molar-refractivity contribution is 0.0953. The molecule has 2 rings (SSSR count). The van der Waals surface area contributed by atoms with E-state index in [0.717, 1.165) is 30.1 Å². The number of carbonyl (C=O) groups is 1. The molecule has 4 nitrogen and oxygen atoms in total. The van der Waals surface area contributed by atoms with Gasteiger partial charge in [-0.3, -0.25) is 9.78 Å². The summed E-state index contributed by atoms with van der Waals surface area (Å²) in [6.45, 7) is 3.46. The van der Waals surface area contributed by atoms with Crippen molar-refractivity contribution in [2.75, 3.05) is 18.4 Å². The molecule has 0 aliphatic heterocycles. The first-order chi connectivity index (χ1) is 10.7. The normalized spacial score (nSPS) is 10.3. The van der Waals surface area contributed by atoms with Crippen LogP contribution in [0.2, 0.25) is 5.02 Å². The van der Waals surface area contributed by atoms with Gasteiger partial charge in [0.25, 0.3) is 5.91 Å². The van der Waals surface area contributed by atoms with Gasteiger partial charge in [0.1, 0.15) is 0 Å². The zero-order chi connectivity index (χ0) is 15.8. The lowest BCUT2D eigenvalue weighted by Crippen LogP contribution is -2.24. The number of hydrogen-bond acceptors (Lipinski definition) is 3. The number of nitrogens with zero attached hydrogens (tertiary/aromatic N) is 1. The maximum atomic E-state index is 11.9. The third kappa shape index (κ3) is 5.04. The highest BCUT2D eigenvalue weighted by molar-refractivity contribution is 6.30. The van der Waals surface area contributed by atoms with E-state index in [0.29, 0.717) is 12.1 Å². The Bertz CT molecular complexity index is 614. The van der Waals surface area contributed by atoms with E-state index in [9.17, 15) is 4.79 Å². The Labute approximate surface area is 135 Å². The van der Waals surface area contributed by atoms with Gasteiger partial charge in [-0.15, -0.1) is 0 Å². The molecule has 2 N–H and O–H groups in total. The SMILES string of the molecule is CCCNC(=O)c1cncc(NCCc2ccc(Cl)cc2)c1. The Morgan fingerprint density at radius 3 is 2.68 bits per heavy atom. The Morgan fingerprint density at radius 2 is 1.95 bits per heavy atom. The number of benzene rings is 1. The summed E-state index contributed by atoms with van der Waals surface area (Å²) in [6, 6.07) is 9.61. The van der Waals surface area contributed by atoms with Crippen LogP contribution in [-0.4, -0.2) is 24.0 Å². The molecule has 1 heterocycles. The average Bonchev–Trinajstić information content (AvgIpc) is 2.55. The van der Waals surface area contributed by atoms with Crippen molar-refractivity contribution in [3.63, 3.8) is 0 Å². The summed E-state index contributed by atoms with van der Waals surface area (Å²) in [6.07, 6.45) is 5.09. The summed E-state index contributed by atoms with van der Waals surface area (Å²) < 4.78 is 0. The van der Waals surface area contributed by atoms with Gasteiger partial charge in [0, 0.05) is 30.5 Å². The van der Waals surface area contributed by atoms with Crippen LogP contribution in [0, 0.1) is 0 Å². The first-order valence-electron chi connectivity index (χ1n) is 7.40. The summed E-state index contributed by atoms with van der Waals surface area (Å²) in [5.41, 5.74) is 2.63. The predicted octanol–water partition coefficient (Wildman–Crippen LogP) is 3.53. The molecule has 1 amide bonds. The first kappa shape index (κ1) is 16.3. The third-order valence-electron chi connectivity index (χ3n) is 3.19. The number of rotatable bonds is 7. The summed E-state index contributed by atoms with van der Waals surface area (Å²) in [7, 11) is 0. The second kappa shape index (κ2) is 8.39. The van der Waals surface area contributed by atoms with Crippen molar-refractivity contribution in [3.8, 4) is 0 Å². The number of halogens is 1. The van der Waals surface area contributed by atoms with Crippen LogP contribution < -0.4 is 10.6 Å². The number of carbonyl (C=O) groups excluding carboxylic acids is 1. The van der Waals surface area contributed by atoms with Crippen LogP contribution in [0.25, 0.3) is 0 Å². The zero-order valence-corrected chi connectivity index (χ0v) is 13.4. The van der Waals surface area contributed by atoms with Gasteiger partial charge in [-0.1, -0.05) is 30.7 Å². The van der Waals surface area contributed by atoms with Crippen LogP contribution in [0.1, 0.15) is 29.3 Å². The van der Waals surface area contributed by atoms with Crippen molar-refractivity contribution >= 4 is 23.2 Å². The van der Waals surface area contributed by atoms with Crippen molar-refractivity contribution < 1.29 is 4.79 Å². The molecule has 2 aromatic rings. The van der Waals surface area contributed by atoms with Crippen molar-refractivity contribution in [2.45, 2.75) is 19.8 Å². The second-order valence-corrected chi connectivity index (χ2v) is 5.46. The number of anilines is 1. The summed E-state index contributed by atoms with van der Waals surface area (Å²) in [5.74, 6) is -0.0873. The predicted molar refractivity (Wildman–Crippen MR) is 90.5 cm³/mol. The molecule has 5 heteroatoms. The van der Waals surface area contributed by atoms with Crippen LogP contribution in [0.3, 0.4) is 0 Å². The minimum absolute atomic E-state index is 0.0873. The summed E-state index contributed by atoms with van der Waals surface area (Å²) in [4.78, 5) is 16.0. The van der Waals surface area contributed by atoms with Crippen molar-refractivity contribution in [1.29, 1.82) is 0 Å². The molecule has 0 saturated heterocycles. The van der Waals surface area contributed by atoms with E-state index in [1.165, 1.54) is 5.56 Å². The third-order valence-corrected chi connectivity index (χ3v) is 3.44. The number of hydrogen-bond donors (Lipinski definition) is 2. The van der Waals surface area contributed by atoms with Crippen molar-refractivity contribution in [2.24, 2.45) is 0 Å². The van der Waals surface area contributed by atoms with Crippen LogP contribution in [0.15, 0.2) is 42.7 Å². The van der Waals surface area contributed by atoms with Gasteiger partial charge in [0.15, 0.2) is 0 Å². The standard InChI is InChI=1S/C17H20ClN3O/c1-2-8-21-17(22)14-10-16(12-19-11-14)20-9-7-13-3-5-15(18)6-4-13/h3-6,10-12,20H,2,7-9H2,1H3,(H,21,22). The highest BCUT2D eigenvalue weighted by Crippen LogP contribution is 2.11. The molecule has 1 aromatic carbocycles. The van der Waals surface area contributed by atoms with E-state index in [2.05, 4.69) is 15.6 Å². The molecule has 116 valence electrons. The van der Waals surface area contributed by atoms with Crippen LogP contribution >= 0.6 is 11.6 Å². The molecule has 0 atom stereocenters. The minimum Gasteiger partial charge on any atom is -0.383 e. The number of nitrogens with one attached hydrogen (secondary N) is 2. The maximum Gasteiger partial charge on any atom is 0.252 e. The van der Waals surface area contributed by atoms with E-state index in [1.54, 1.807) is 12.4 Å². The van der Waals surface area contributed by atoms with Gasteiger partial charge in [-0.25, -0.2) is 0 Å². The number of aromatic nitrogens is 1. The fraction of sp³-hybridized carbons (Fsp3) is 0.294. The molecule has 0 aliphatic rings. The molecule has 0 spiro atoms. The van der Waals surface area contributed by atoms with Gasteiger partial charge in [-0.2, -0.15) is 0 Å². The van der Waals surface area contributed by atoms with Crippen LogP contribution in [0.4, 0.5) is 5.69 Å². The molecule has 0 radical (unpaired) electrons. The number of amides is 1. The molecular weight excluding hydrogens is 298 g/mol. The molecule has 0 saturated carbocycles. The van der Waals surface area contributed by atoms with Gasteiger partial charge in [0.2, 0.25) is 0 Å². The smallest absolute Gasteiger partial charge is 0.252 e. The average molecular weight is 318 g/mol. The Hall–Kier alpha value is -2.07. The molecule has 0 fully saturated rings. The van der Waals surface area contributed by atoms with Crippen LogP contribution in [-0.2, 0) is 6.42 Å². The van der Waals surface area contributed by atoms with Gasteiger partial charge >= 0.3 is 0 Å². The quantitative estimate of drug-likeness (QED) is 0.821. The van der Waals surface area contributed by atoms with Gasteiger partial charge in [-0.05, 0) is 36.6 Å². The highest BCUT2D eigenvalue weighted by Gasteiger charge is 2.05.